The molecule has 248 valence electrons. The highest BCUT2D eigenvalue weighted by molar-refractivity contribution is 5.84. The molecule has 5 heterocycles. The van der Waals surface area contributed by atoms with E-state index in [9.17, 15) is 18.0 Å². The molecule has 0 spiro atoms. The molecule has 1 amide bonds. The number of nitrogens with one attached hydrogen (secondary N) is 1. The van der Waals surface area contributed by atoms with Crippen LogP contribution in [0.4, 0.5) is 13.2 Å². The van der Waals surface area contributed by atoms with Crippen LogP contribution in [-0.2, 0) is 30.5 Å². The van der Waals surface area contributed by atoms with E-state index in [-0.39, 0.29) is 30.4 Å². The minimum Gasteiger partial charge on any atom is -0.455 e. The van der Waals surface area contributed by atoms with Crippen molar-refractivity contribution in [2.75, 3.05) is 39.3 Å². The van der Waals surface area contributed by atoms with Crippen LogP contribution >= 0.6 is 0 Å². The summed E-state index contributed by atoms with van der Waals surface area (Å²) in [5.74, 6) is 1.63. The Bertz CT molecular complexity index is 1760. The number of carbonyl (C=O) groups excluding carboxylic acids is 1. The molecular formula is C36H41F3N6O2. The third kappa shape index (κ3) is 6.87. The first-order valence-electron chi connectivity index (χ1n) is 16.7. The molecule has 11 heteroatoms. The van der Waals surface area contributed by atoms with Gasteiger partial charge < -0.3 is 19.5 Å². The van der Waals surface area contributed by atoms with Crippen LogP contribution in [-0.4, -0.2) is 74.8 Å². The topological polar surface area (TPSA) is 77.6 Å². The van der Waals surface area contributed by atoms with Crippen molar-refractivity contribution in [3.8, 4) is 11.5 Å². The van der Waals surface area contributed by atoms with E-state index in [0.717, 1.165) is 61.4 Å². The van der Waals surface area contributed by atoms with Crippen molar-refractivity contribution in [3.63, 3.8) is 0 Å². The van der Waals surface area contributed by atoms with Crippen molar-refractivity contribution >= 4 is 16.9 Å². The first-order valence-corrected chi connectivity index (χ1v) is 16.7. The summed E-state index contributed by atoms with van der Waals surface area (Å²) in [6.45, 7) is 9.33. The Kier molecular flexibility index (Phi) is 8.69. The van der Waals surface area contributed by atoms with Crippen molar-refractivity contribution in [1.29, 1.82) is 0 Å². The van der Waals surface area contributed by atoms with Gasteiger partial charge in [-0.25, -0.2) is 4.98 Å². The van der Waals surface area contributed by atoms with Crippen LogP contribution in [0.2, 0.25) is 0 Å². The van der Waals surface area contributed by atoms with E-state index in [2.05, 4.69) is 39.7 Å². The fourth-order valence-electron chi connectivity index (χ4n) is 6.96. The number of piperazine rings is 1. The number of benzene rings is 1. The second-order valence-electron chi connectivity index (χ2n) is 13.1. The van der Waals surface area contributed by atoms with Gasteiger partial charge in [0.2, 0.25) is 5.91 Å². The molecule has 8 nitrogen and oxygen atoms in total. The van der Waals surface area contributed by atoms with Gasteiger partial charge >= 0.3 is 6.18 Å². The van der Waals surface area contributed by atoms with Gasteiger partial charge in [-0.15, -0.1) is 0 Å². The predicted octanol–water partition coefficient (Wildman–Crippen LogP) is 6.86. The average molecular weight is 647 g/mol. The third-order valence-electron chi connectivity index (χ3n) is 9.91. The second kappa shape index (κ2) is 12.9. The molecule has 4 aromatic rings. The fourth-order valence-corrected chi connectivity index (χ4v) is 6.96. The lowest BCUT2D eigenvalue weighted by atomic mass is 9.92. The van der Waals surface area contributed by atoms with Crippen LogP contribution in [0.3, 0.4) is 0 Å². The van der Waals surface area contributed by atoms with E-state index in [1.165, 1.54) is 24.6 Å². The fraction of sp³-hybridized carbons (Fsp3) is 0.472. The number of H-pyrrole nitrogens is 1. The number of ether oxygens (including phenoxy) is 1. The Hall–Kier alpha value is -3.96. The van der Waals surface area contributed by atoms with Gasteiger partial charge in [0, 0.05) is 63.6 Å². The maximum absolute atomic E-state index is 14.2. The first-order chi connectivity index (χ1) is 22.7. The lowest BCUT2D eigenvalue weighted by molar-refractivity contribution is -0.139. The predicted molar refractivity (Wildman–Crippen MR) is 173 cm³/mol. The van der Waals surface area contributed by atoms with E-state index < -0.39 is 11.7 Å². The zero-order chi connectivity index (χ0) is 32.7. The molecule has 3 aliphatic rings. The van der Waals surface area contributed by atoms with E-state index in [1.54, 1.807) is 29.4 Å². The van der Waals surface area contributed by atoms with Gasteiger partial charge in [0.25, 0.3) is 0 Å². The number of aromatic nitrogens is 3. The molecule has 47 heavy (non-hydrogen) atoms. The normalized spacial score (nSPS) is 19.3. The number of hydrogen-bond acceptors (Lipinski definition) is 6. The zero-order valence-electron chi connectivity index (χ0n) is 26.9. The molecule has 0 radical (unpaired) electrons. The van der Waals surface area contributed by atoms with Crippen LogP contribution in [0.1, 0.15) is 78.6 Å². The quantitative estimate of drug-likeness (QED) is 0.214. The molecule has 1 aliphatic carbocycles. The Labute approximate surface area is 272 Å². The van der Waals surface area contributed by atoms with Gasteiger partial charge in [-0.2, -0.15) is 13.2 Å². The minimum absolute atomic E-state index is 0.0245. The number of pyridine rings is 2. The highest BCUT2D eigenvalue weighted by Gasteiger charge is 2.35. The number of alkyl halides is 3. The van der Waals surface area contributed by atoms with Crippen LogP contribution in [0.25, 0.3) is 11.0 Å². The van der Waals surface area contributed by atoms with Gasteiger partial charge in [0.05, 0.1) is 29.3 Å². The summed E-state index contributed by atoms with van der Waals surface area (Å²) < 4.78 is 49.0. The third-order valence-corrected chi connectivity index (χ3v) is 9.91. The molecule has 1 N–H and O–H groups in total. The van der Waals surface area contributed by atoms with Crippen molar-refractivity contribution in [3.05, 3.63) is 82.4 Å². The Balaban J connectivity index is 1.07. The van der Waals surface area contributed by atoms with Crippen molar-refractivity contribution in [2.24, 2.45) is 0 Å². The van der Waals surface area contributed by atoms with Crippen molar-refractivity contribution in [2.45, 2.75) is 70.6 Å². The summed E-state index contributed by atoms with van der Waals surface area (Å²) in [5.41, 5.74) is 3.76. The average Bonchev–Trinajstić information content (AvgIpc) is 3.83. The number of rotatable bonds is 9. The summed E-state index contributed by atoms with van der Waals surface area (Å²) in [5, 5.41) is 0.915. The maximum Gasteiger partial charge on any atom is 0.416 e. The summed E-state index contributed by atoms with van der Waals surface area (Å²) >= 11 is 0. The molecule has 0 bridgehead atoms. The number of hydrogen-bond donors (Lipinski definition) is 1. The molecule has 1 saturated carbocycles. The van der Waals surface area contributed by atoms with E-state index >= 15 is 0 Å². The standard InChI is InChI=1S/C36H41F3N6O2/c1-3-24-21-45(33(46)16-23-5-6-26(30(15-23)36(37,38)39)20-44-13-11-43(4-2)12-14-44)22-27-17-28(19-41-34(24)27)47-32-9-10-40-35-29(32)18-31(42-35)25-7-8-25/h5-6,9-10,15,17-19,24-25H,3-4,7-8,11-14,16,20-22H2,1-2H3,(H,40,42)/t24-/m0/s1. The molecule has 0 unspecified atom stereocenters. The largest absolute Gasteiger partial charge is 0.455 e. The van der Waals surface area contributed by atoms with Crippen molar-refractivity contribution in [1.82, 2.24) is 29.7 Å². The van der Waals surface area contributed by atoms with E-state index in [1.807, 2.05) is 12.1 Å². The number of likely N-dealkylation sites (N-methyl/N-ethyl adjacent to an activating group) is 1. The lowest BCUT2D eigenvalue weighted by Crippen LogP contribution is -2.45. The van der Waals surface area contributed by atoms with E-state index in [4.69, 9.17) is 9.72 Å². The maximum atomic E-state index is 14.2. The Morgan fingerprint density at radius 1 is 1.02 bits per heavy atom. The molecule has 7 rings (SSSR count). The molecule has 1 atom stereocenters. The van der Waals surface area contributed by atoms with Crippen LogP contribution in [0.5, 0.6) is 11.5 Å². The Morgan fingerprint density at radius 3 is 2.53 bits per heavy atom. The van der Waals surface area contributed by atoms with Crippen LogP contribution in [0, 0.1) is 0 Å². The van der Waals surface area contributed by atoms with E-state index in [0.29, 0.717) is 36.1 Å². The van der Waals surface area contributed by atoms with Gasteiger partial charge in [-0.3, -0.25) is 14.7 Å². The summed E-state index contributed by atoms with van der Waals surface area (Å²) in [6.07, 6.45) is 1.98. The highest BCUT2D eigenvalue weighted by atomic mass is 19.4. The number of fused-ring (bicyclic) bond motifs is 2. The smallest absolute Gasteiger partial charge is 0.416 e. The van der Waals surface area contributed by atoms with Crippen LogP contribution in [0.15, 0.2) is 48.8 Å². The SMILES string of the molecule is CC[C@H]1CN(C(=O)Cc2ccc(CN3CCN(CC)CC3)c(C(F)(F)F)c2)Cc2cc(Oc3ccnc4[nH]c(C5CC5)cc34)cnc21. The van der Waals surface area contributed by atoms with Crippen LogP contribution < -0.4 is 4.74 Å². The highest BCUT2D eigenvalue weighted by Crippen LogP contribution is 2.42. The number of amides is 1. The molecule has 2 fully saturated rings. The molecule has 2 aliphatic heterocycles. The monoisotopic (exact) mass is 646 g/mol. The number of carbonyl (C=O) groups is 1. The molecular weight excluding hydrogens is 605 g/mol. The van der Waals surface area contributed by atoms with Crippen molar-refractivity contribution < 1.29 is 22.7 Å². The number of nitrogens with zero attached hydrogens (tertiary/aromatic N) is 5. The number of aromatic amines is 1. The summed E-state index contributed by atoms with van der Waals surface area (Å²) in [4.78, 5) is 32.4. The molecule has 3 aromatic heterocycles. The number of halogens is 3. The second-order valence-corrected chi connectivity index (χ2v) is 13.1. The van der Waals surface area contributed by atoms with Gasteiger partial charge in [0.1, 0.15) is 17.1 Å². The minimum atomic E-state index is -4.50. The van der Waals surface area contributed by atoms with Gasteiger partial charge in [0.15, 0.2) is 0 Å². The Morgan fingerprint density at radius 2 is 1.81 bits per heavy atom. The molecule has 1 saturated heterocycles. The van der Waals surface area contributed by atoms with Gasteiger partial charge in [-0.05, 0) is 72.7 Å². The van der Waals surface area contributed by atoms with Gasteiger partial charge in [-0.1, -0.05) is 26.0 Å². The summed E-state index contributed by atoms with van der Waals surface area (Å²) in [6, 6.07) is 10.3. The zero-order valence-corrected chi connectivity index (χ0v) is 26.9. The first kappa shape index (κ1) is 31.6. The molecule has 1 aromatic carbocycles. The summed E-state index contributed by atoms with van der Waals surface area (Å²) in [7, 11) is 0. The lowest BCUT2D eigenvalue weighted by Gasteiger charge is -2.34.